The normalized spacial score (nSPS) is 25.9. The molecule has 0 amide bonds. The standard InChI is InChI=1S/C12H13F2N3O4/c13-1-7-8(2-14)11(21-9(7)5-19)17-3-6(4-18)10(15)16-12(17)20/h1-3,9,11,18-19H,4-5H2,(H2,15,16,20). The smallest absolute Gasteiger partial charge is 0.351 e. The molecule has 2 atom stereocenters. The molecule has 2 unspecified atom stereocenters. The zero-order chi connectivity index (χ0) is 15.6. The summed E-state index contributed by atoms with van der Waals surface area (Å²) in [7, 11) is 0. The van der Waals surface area contributed by atoms with Crippen molar-refractivity contribution < 1.29 is 23.7 Å². The Balaban J connectivity index is 2.54. The van der Waals surface area contributed by atoms with E-state index < -0.39 is 31.2 Å². The van der Waals surface area contributed by atoms with E-state index >= 15 is 0 Å². The number of aliphatic hydroxyl groups excluding tert-OH is 2. The van der Waals surface area contributed by atoms with Crippen LogP contribution in [0.4, 0.5) is 14.6 Å². The van der Waals surface area contributed by atoms with Crippen molar-refractivity contribution in [3.05, 3.63) is 46.1 Å². The van der Waals surface area contributed by atoms with Crippen molar-refractivity contribution in [3.63, 3.8) is 0 Å². The first-order chi connectivity index (χ1) is 10.1. The summed E-state index contributed by atoms with van der Waals surface area (Å²) in [4.78, 5) is 15.3. The van der Waals surface area contributed by atoms with E-state index in [4.69, 9.17) is 20.7 Å². The molecular formula is C12H13F2N3O4. The van der Waals surface area contributed by atoms with Crippen molar-refractivity contribution in [2.24, 2.45) is 0 Å². The first kappa shape index (κ1) is 15.3. The molecule has 1 aliphatic heterocycles. The number of anilines is 1. The van der Waals surface area contributed by atoms with Gasteiger partial charge in [-0.3, -0.25) is 4.57 Å². The molecule has 0 spiro atoms. The molecule has 7 nitrogen and oxygen atoms in total. The maximum absolute atomic E-state index is 13.0. The molecule has 0 radical (unpaired) electrons. The Morgan fingerprint density at radius 2 is 2.05 bits per heavy atom. The highest BCUT2D eigenvalue weighted by molar-refractivity contribution is 5.40. The molecule has 21 heavy (non-hydrogen) atoms. The van der Waals surface area contributed by atoms with Crippen LogP contribution in [0, 0.1) is 0 Å². The summed E-state index contributed by atoms with van der Waals surface area (Å²) in [6.45, 7) is -1.08. The number of halogens is 2. The number of hydrogen-bond acceptors (Lipinski definition) is 6. The lowest BCUT2D eigenvalue weighted by Crippen LogP contribution is -2.29. The second kappa shape index (κ2) is 6.12. The lowest BCUT2D eigenvalue weighted by molar-refractivity contribution is -0.00879. The van der Waals surface area contributed by atoms with E-state index in [1.807, 2.05) is 0 Å². The van der Waals surface area contributed by atoms with Crippen LogP contribution in [0.15, 0.2) is 34.8 Å². The van der Waals surface area contributed by atoms with Gasteiger partial charge in [0, 0.05) is 22.9 Å². The van der Waals surface area contributed by atoms with Crippen molar-refractivity contribution >= 4 is 5.82 Å². The van der Waals surface area contributed by atoms with Crippen LogP contribution in [0.1, 0.15) is 11.8 Å². The molecule has 4 N–H and O–H groups in total. The topological polar surface area (TPSA) is 111 Å². The van der Waals surface area contributed by atoms with Gasteiger partial charge >= 0.3 is 5.69 Å². The van der Waals surface area contributed by atoms with Gasteiger partial charge in [-0.15, -0.1) is 0 Å². The van der Waals surface area contributed by atoms with Crippen LogP contribution in [0.2, 0.25) is 0 Å². The van der Waals surface area contributed by atoms with Gasteiger partial charge in [-0.25, -0.2) is 13.6 Å². The molecule has 0 aliphatic carbocycles. The van der Waals surface area contributed by atoms with Gasteiger partial charge in [0.05, 0.1) is 25.9 Å². The number of nitrogens with two attached hydrogens (primary N) is 1. The Morgan fingerprint density at radius 3 is 2.57 bits per heavy atom. The Morgan fingerprint density at radius 1 is 1.38 bits per heavy atom. The molecule has 1 fully saturated rings. The summed E-state index contributed by atoms with van der Waals surface area (Å²) < 4.78 is 32.0. The summed E-state index contributed by atoms with van der Waals surface area (Å²) in [5.74, 6) is -0.164. The summed E-state index contributed by atoms with van der Waals surface area (Å²) in [5.41, 5.74) is 4.26. The summed E-state index contributed by atoms with van der Waals surface area (Å²) in [6, 6.07) is 0. The van der Waals surface area contributed by atoms with Crippen LogP contribution in [-0.4, -0.2) is 32.5 Å². The lowest BCUT2D eigenvalue weighted by atomic mass is 10.1. The van der Waals surface area contributed by atoms with Crippen molar-refractivity contribution in [2.75, 3.05) is 12.3 Å². The number of hydrogen-bond donors (Lipinski definition) is 3. The maximum atomic E-state index is 13.0. The minimum absolute atomic E-state index is 0.0904. The number of nitrogens with zero attached hydrogens (tertiary/aromatic N) is 2. The molecule has 0 saturated carbocycles. The van der Waals surface area contributed by atoms with Gasteiger partial charge in [0.15, 0.2) is 6.23 Å². The molecule has 1 aliphatic rings. The predicted octanol–water partition coefficient (Wildman–Crippen LogP) is -0.0857. The van der Waals surface area contributed by atoms with Gasteiger partial charge in [-0.1, -0.05) is 0 Å². The molecule has 1 aromatic rings. The summed E-state index contributed by atoms with van der Waals surface area (Å²) in [5, 5.41) is 18.2. The van der Waals surface area contributed by atoms with Crippen molar-refractivity contribution in [2.45, 2.75) is 18.9 Å². The van der Waals surface area contributed by atoms with Gasteiger partial charge in [0.1, 0.15) is 11.9 Å². The first-order valence-corrected chi connectivity index (χ1v) is 5.93. The third kappa shape index (κ3) is 2.58. The third-order valence-corrected chi connectivity index (χ3v) is 3.12. The average Bonchev–Trinajstić information content (AvgIpc) is 2.84. The van der Waals surface area contributed by atoms with E-state index in [2.05, 4.69) is 4.98 Å². The maximum Gasteiger partial charge on any atom is 0.351 e. The van der Waals surface area contributed by atoms with Crippen molar-refractivity contribution in [1.82, 2.24) is 9.55 Å². The fourth-order valence-electron chi connectivity index (χ4n) is 2.05. The average molecular weight is 301 g/mol. The Bertz CT molecular complexity index is 656. The zero-order valence-electron chi connectivity index (χ0n) is 10.7. The van der Waals surface area contributed by atoms with E-state index in [1.165, 1.54) is 0 Å². The highest BCUT2D eigenvalue weighted by Crippen LogP contribution is 2.38. The fraction of sp³-hybridized carbons (Fsp3) is 0.333. The molecule has 0 aromatic carbocycles. The van der Waals surface area contributed by atoms with Gasteiger partial charge in [-0.2, -0.15) is 4.98 Å². The molecule has 0 bridgehead atoms. The third-order valence-electron chi connectivity index (χ3n) is 3.12. The number of ether oxygens (including phenoxy) is 1. The molecular weight excluding hydrogens is 288 g/mol. The number of aromatic nitrogens is 2. The zero-order valence-corrected chi connectivity index (χ0v) is 10.7. The van der Waals surface area contributed by atoms with Crippen molar-refractivity contribution in [3.8, 4) is 0 Å². The van der Waals surface area contributed by atoms with E-state index in [0.717, 1.165) is 10.8 Å². The van der Waals surface area contributed by atoms with Crippen LogP contribution in [0.5, 0.6) is 0 Å². The van der Waals surface area contributed by atoms with Crippen LogP contribution in [0.3, 0.4) is 0 Å². The van der Waals surface area contributed by atoms with E-state index in [-0.39, 0.29) is 35.2 Å². The minimum Gasteiger partial charge on any atom is -0.393 e. The monoisotopic (exact) mass is 301 g/mol. The van der Waals surface area contributed by atoms with E-state index in [0.29, 0.717) is 0 Å². The quantitative estimate of drug-likeness (QED) is 0.720. The molecule has 1 saturated heterocycles. The second-order valence-corrected chi connectivity index (χ2v) is 4.29. The predicted molar refractivity (Wildman–Crippen MR) is 68.2 cm³/mol. The summed E-state index contributed by atoms with van der Waals surface area (Å²) >= 11 is 0. The first-order valence-electron chi connectivity index (χ1n) is 5.93. The van der Waals surface area contributed by atoms with Gasteiger partial charge in [0.25, 0.3) is 0 Å². The molecule has 9 heteroatoms. The number of nitrogen functional groups attached to an aromatic ring is 1. The largest absolute Gasteiger partial charge is 0.393 e. The van der Waals surface area contributed by atoms with Crippen LogP contribution >= 0.6 is 0 Å². The Hall–Kier alpha value is -2.10. The lowest BCUT2D eigenvalue weighted by Gasteiger charge is -2.16. The molecule has 2 heterocycles. The molecule has 114 valence electrons. The van der Waals surface area contributed by atoms with E-state index in [9.17, 15) is 13.6 Å². The van der Waals surface area contributed by atoms with Gasteiger partial charge < -0.3 is 20.7 Å². The number of aliphatic hydroxyl groups is 2. The Kier molecular flexibility index (Phi) is 4.46. The molecule has 2 rings (SSSR count). The van der Waals surface area contributed by atoms with Crippen molar-refractivity contribution in [1.29, 1.82) is 0 Å². The SMILES string of the molecule is Nc1nc(=O)n(C2OC(CO)C(=CF)C2=CF)cc1CO. The Labute approximate surface area is 117 Å². The highest BCUT2D eigenvalue weighted by Gasteiger charge is 2.37. The fourth-order valence-corrected chi connectivity index (χ4v) is 2.05. The van der Waals surface area contributed by atoms with E-state index in [1.54, 1.807) is 0 Å². The highest BCUT2D eigenvalue weighted by atomic mass is 19.1. The summed E-state index contributed by atoms with van der Waals surface area (Å²) in [6.07, 6.45) is -1.07. The minimum atomic E-state index is -1.31. The second-order valence-electron chi connectivity index (χ2n) is 4.29. The van der Waals surface area contributed by atoms with Gasteiger partial charge in [0.2, 0.25) is 0 Å². The van der Waals surface area contributed by atoms with Crippen LogP contribution in [0.25, 0.3) is 0 Å². The number of rotatable bonds is 3. The van der Waals surface area contributed by atoms with Gasteiger partial charge in [-0.05, 0) is 0 Å². The van der Waals surface area contributed by atoms with Crippen LogP contribution in [-0.2, 0) is 11.3 Å². The van der Waals surface area contributed by atoms with Crippen LogP contribution < -0.4 is 11.4 Å². The molecule has 1 aromatic heterocycles.